The third-order valence-electron chi connectivity index (χ3n) is 10.6. The predicted octanol–water partition coefficient (Wildman–Crippen LogP) is 11.5. The van der Waals surface area contributed by atoms with Crippen LogP contribution in [0.25, 0.3) is 82.4 Å². The highest BCUT2D eigenvalue weighted by Crippen LogP contribution is 2.50. The Kier molecular flexibility index (Phi) is 5.63. The SMILES string of the molecule is CC1(C)c2ccccc2-c2ccc(-c3ccc(-n4c5ccc(-c6ccccc6)cc5c5cc6ccccc6cc54)c4cnncc34)cc21. The lowest BCUT2D eigenvalue weighted by Crippen LogP contribution is -2.14. The Morgan fingerprint density at radius 2 is 1.10 bits per heavy atom. The third kappa shape index (κ3) is 3.82. The van der Waals surface area contributed by atoms with Gasteiger partial charge in [-0.3, -0.25) is 0 Å². The smallest absolute Gasteiger partial charge is 0.0596 e. The van der Waals surface area contributed by atoms with Crippen molar-refractivity contribution in [3.8, 4) is 39.1 Å². The minimum absolute atomic E-state index is 0.0676. The first-order chi connectivity index (χ1) is 23.6. The normalized spacial score (nSPS) is 13.4. The molecule has 1 aliphatic carbocycles. The molecule has 0 atom stereocenters. The average Bonchev–Trinajstić information content (AvgIpc) is 3.57. The van der Waals surface area contributed by atoms with Gasteiger partial charge in [0, 0.05) is 27.0 Å². The number of fused-ring (bicyclic) bond motifs is 8. The topological polar surface area (TPSA) is 30.7 Å². The summed E-state index contributed by atoms with van der Waals surface area (Å²) in [7, 11) is 0. The van der Waals surface area contributed by atoms with Crippen LogP contribution in [0.4, 0.5) is 0 Å². The van der Waals surface area contributed by atoms with Crippen LogP contribution in [-0.4, -0.2) is 14.8 Å². The second-order valence-corrected chi connectivity index (χ2v) is 13.5. The molecule has 7 aromatic carbocycles. The zero-order chi connectivity index (χ0) is 32.0. The minimum Gasteiger partial charge on any atom is -0.309 e. The van der Waals surface area contributed by atoms with Gasteiger partial charge in [-0.2, -0.15) is 10.2 Å². The van der Waals surface area contributed by atoms with Gasteiger partial charge < -0.3 is 4.57 Å². The standard InChI is InChI=1S/C45H31N3/c1-45(2)40-15-9-8-14-34(40)35-18-16-32(24-41(35)45)33-19-21-43(39-27-47-46-26-38(33)39)48-42-20-17-31(28-10-4-3-5-11-28)23-36(42)37-22-29-12-6-7-13-30(29)25-44(37)48/h3-27H,1-2H3. The van der Waals surface area contributed by atoms with Crippen LogP contribution < -0.4 is 0 Å². The molecule has 9 aromatic rings. The van der Waals surface area contributed by atoms with E-state index in [-0.39, 0.29) is 5.41 Å². The van der Waals surface area contributed by atoms with E-state index >= 15 is 0 Å². The van der Waals surface area contributed by atoms with Crippen molar-refractivity contribution in [1.29, 1.82) is 0 Å². The van der Waals surface area contributed by atoms with E-state index in [9.17, 15) is 0 Å². The molecule has 0 saturated carbocycles. The quantitative estimate of drug-likeness (QED) is 0.198. The largest absolute Gasteiger partial charge is 0.309 e. The van der Waals surface area contributed by atoms with Crippen LogP contribution in [0.15, 0.2) is 152 Å². The number of benzene rings is 7. The Hall–Kier alpha value is -6.06. The van der Waals surface area contributed by atoms with E-state index < -0.39 is 0 Å². The fourth-order valence-corrected chi connectivity index (χ4v) is 8.18. The van der Waals surface area contributed by atoms with Gasteiger partial charge in [0.25, 0.3) is 0 Å². The van der Waals surface area contributed by atoms with Crippen molar-refractivity contribution in [2.45, 2.75) is 19.3 Å². The Morgan fingerprint density at radius 3 is 1.96 bits per heavy atom. The van der Waals surface area contributed by atoms with Crippen molar-refractivity contribution >= 4 is 43.4 Å². The molecule has 0 radical (unpaired) electrons. The summed E-state index contributed by atoms with van der Waals surface area (Å²) in [6, 6.07) is 51.1. The van der Waals surface area contributed by atoms with E-state index in [4.69, 9.17) is 0 Å². The van der Waals surface area contributed by atoms with Crippen molar-refractivity contribution in [1.82, 2.24) is 14.8 Å². The van der Waals surface area contributed by atoms with E-state index in [0.29, 0.717) is 0 Å². The van der Waals surface area contributed by atoms with Gasteiger partial charge in [0.15, 0.2) is 0 Å². The molecule has 0 spiro atoms. The van der Waals surface area contributed by atoms with Crippen LogP contribution in [0.2, 0.25) is 0 Å². The lowest BCUT2D eigenvalue weighted by molar-refractivity contribution is 0.660. The second-order valence-electron chi connectivity index (χ2n) is 13.5. The van der Waals surface area contributed by atoms with E-state index in [1.807, 2.05) is 12.4 Å². The zero-order valence-electron chi connectivity index (χ0n) is 26.8. The minimum atomic E-state index is -0.0676. The molecule has 0 fully saturated rings. The van der Waals surface area contributed by atoms with Gasteiger partial charge in [-0.15, -0.1) is 0 Å². The summed E-state index contributed by atoms with van der Waals surface area (Å²) in [6.45, 7) is 4.67. The molecule has 10 rings (SSSR count). The molecule has 3 nitrogen and oxygen atoms in total. The van der Waals surface area contributed by atoms with Gasteiger partial charge >= 0.3 is 0 Å². The van der Waals surface area contributed by atoms with Crippen LogP contribution in [0.3, 0.4) is 0 Å². The summed E-state index contributed by atoms with van der Waals surface area (Å²) in [4.78, 5) is 0. The average molecular weight is 614 g/mol. The zero-order valence-corrected chi connectivity index (χ0v) is 26.8. The molecule has 0 aliphatic heterocycles. The molecule has 2 heterocycles. The fraction of sp³-hybridized carbons (Fsp3) is 0.0667. The van der Waals surface area contributed by atoms with E-state index in [1.165, 1.54) is 71.5 Å². The van der Waals surface area contributed by atoms with Gasteiger partial charge in [0.1, 0.15) is 0 Å². The summed E-state index contributed by atoms with van der Waals surface area (Å²) >= 11 is 0. The highest BCUT2D eigenvalue weighted by molar-refractivity contribution is 6.15. The van der Waals surface area contributed by atoms with Gasteiger partial charge in [-0.05, 0) is 91.7 Å². The molecule has 0 unspecified atom stereocenters. The number of hydrogen-bond acceptors (Lipinski definition) is 2. The Balaban J connectivity index is 1.22. The van der Waals surface area contributed by atoms with Crippen molar-refractivity contribution in [3.63, 3.8) is 0 Å². The number of rotatable bonds is 3. The highest BCUT2D eigenvalue weighted by atomic mass is 15.1. The van der Waals surface area contributed by atoms with Crippen LogP contribution in [0.5, 0.6) is 0 Å². The molecular formula is C45H31N3. The molecule has 48 heavy (non-hydrogen) atoms. The fourth-order valence-electron chi connectivity index (χ4n) is 8.18. The van der Waals surface area contributed by atoms with E-state index in [0.717, 1.165) is 22.0 Å². The summed E-state index contributed by atoms with van der Waals surface area (Å²) < 4.78 is 2.42. The van der Waals surface area contributed by atoms with Crippen LogP contribution in [0.1, 0.15) is 25.0 Å². The van der Waals surface area contributed by atoms with Crippen LogP contribution in [0, 0.1) is 0 Å². The Labute approximate surface area is 278 Å². The summed E-state index contributed by atoms with van der Waals surface area (Å²) in [5, 5.41) is 15.9. The van der Waals surface area contributed by atoms with Crippen molar-refractivity contribution in [2.75, 3.05) is 0 Å². The van der Waals surface area contributed by atoms with Gasteiger partial charge in [-0.25, -0.2) is 0 Å². The highest BCUT2D eigenvalue weighted by Gasteiger charge is 2.35. The van der Waals surface area contributed by atoms with Gasteiger partial charge in [-0.1, -0.05) is 117 Å². The number of hydrogen-bond donors (Lipinski definition) is 0. The predicted molar refractivity (Wildman–Crippen MR) is 200 cm³/mol. The molecule has 0 bridgehead atoms. The second kappa shape index (κ2) is 9.97. The molecule has 2 aromatic heterocycles. The third-order valence-corrected chi connectivity index (χ3v) is 10.6. The molecule has 0 amide bonds. The Morgan fingerprint density at radius 1 is 0.438 bits per heavy atom. The van der Waals surface area contributed by atoms with Crippen LogP contribution >= 0.6 is 0 Å². The van der Waals surface area contributed by atoms with Crippen molar-refractivity contribution in [2.24, 2.45) is 0 Å². The van der Waals surface area contributed by atoms with Gasteiger partial charge in [0.05, 0.1) is 29.1 Å². The maximum Gasteiger partial charge on any atom is 0.0596 e. The summed E-state index contributed by atoms with van der Waals surface area (Å²) in [6.07, 6.45) is 3.86. The van der Waals surface area contributed by atoms with E-state index in [1.54, 1.807) is 0 Å². The molecule has 226 valence electrons. The number of aromatic nitrogens is 3. The first-order valence-electron chi connectivity index (χ1n) is 16.6. The molecule has 3 heteroatoms. The lowest BCUT2D eigenvalue weighted by atomic mass is 9.81. The van der Waals surface area contributed by atoms with E-state index in [2.05, 4.69) is 168 Å². The summed E-state index contributed by atoms with van der Waals surface area (Å²) in [5.41, 5.74) is 13.6. The monoisotopic (exact) mass is 613 g/mol. The molecular weight excluding hydrogens is 583 g/mol. The molecule has 0 N–H and O–H groups in total. The van der Waals surface area contributed by atoms with Crippen molar-refractivity contribution < 1.29 is 0 Å². The van der Waals surface area contributed by atoms with Gasteiger partial charge in [0.2, 0.25) is 0 Å². The molecule has 1 aliphatic rings. The van der Waals surface area contributed by atoms with Crippen LogP contribution in [-0.2, 0) is 5.41 Å². The number of nitrogens with zero attached hydrogens (tertiary/aromatic N) is 3. The Bertz CT molecular complexity index is 2750. The first kappa shape index (κ1) is 27.1. The maximum absolute atomic E-state index is 4.43. The lowest BCUT2D eigenvalue weighted by Gasteiger charge is -2.22. The first-order valence-corrected chi connectivity index (χ1v) is 16.6. The maximum atomic E-state index is 4.43. The molecule has 0 saturated heterocycles. The van der Waals surface area contributed by atoms with Crippen molar-refractivity contribution in [3.05, 3.63) is 163 Å². The summed E-state index contributed by atoms with van der Waals surface area (Å²) in [5.74, 6) is 0.